The van der Waals surface area contributed by atoms with Crippen molar-refractivity contribution in [2.45, 2.75) is 6.42 Å². The molecule has 2 aromatic carbocycles. The average Bonchev–Trinajstić information content (AvgIpc) is 2.55. The zero-order valence-electron chi connectivity index (χ0n) is 12.1. The number of aromatic amines is 1. The second-order valence-corrected chi connectivity index (χ2v) is 5.07. The molecule has 1 heterocycles. The summed E-state index contributed by atoms with van der Waals surface area (Å²) < 4.78 is 5.20. The van der Waals surface area contributed by atoms with E-state index in [4.69, 9.17) is 10.00 Å². The zero-order valence-corrected chi connectivity index (χ0v) is 12.1. The number of para-hydroxylation sites is 1. The molecule has 1 aromatic heterocycles. The second-order valence-electron chi connectivity index (χ2n) is 5.07. The number of hydrogen-bond donors (Lipinski definition) is 1. The van der Waals surface area contributed by atoms with Crippen molar-refractivity contribution in [2.75, 3.05) is 7.11 Å². The smallest absolute Gasteiger partial charge is 0.251 e. The number of nitriles is 1. The highest BCUT2D eigenvalue weighted by atomic mass is 16.5. The first-order valence-corrected chi connectivity index (χ1v) is 6.88. The first-order valence-electron chi connectivity index (χ1n) is 6.88. The normalized spacial score (nSPS) is 10.4. The van der Waals surface area contributed by atoms with Crippen molar-refractivity contribution in [2.24, 2.45) is 0 Å². The molecule has 0 fully saturated rings. The maximum atomic E-state index is 12.2. The van der Waals surface area contributed by atoms with E-state index in [0.717, 1.165) is 16.5 Å². The third kappa shape index (κ3) is 2.70. The molecule has 108 valence electrons. The maximum absolute atomic E-state index is 12.2. The van der Waals surface area contributed by atoms with Crippen molar-refractivity contribution in [1.82, 2.24) is 4.98 Å². The van der Waals surface area contributed by atoms with Crippen molar-refractivity contribution in [3.63, 3.8) is 0 Å². The van der Waals surface area contributed by atoms with Crippen molar-refractivity contribution >= 4 is 10.9 Å². The topological polar surface area (TPSA) is 65.9 Å². The number of aromatic nitrogens is 1. The predicted octanol–water partition coefficient (Wildman–Crippen LogP) is 3.00. The number of ether oxygens (including phenoxy) is 1. The molecule has 0 spiro atoms. The molecule has 0 aliphatic carbocycles. The molecule has 0 atom stereocenters. The minimum atomic E-state index is -0.111. The lowest BCUT2D eigenvalue weighted by molar-refractivity contribution is 0.414. The van der Waals surface area contributed by atoms with E-state index in [1.165, 1.54) is 0 Å². The Balaban J connectivity index is 2.05. The number of nitrogens with zero attached hydrogens (tertiary/aromatic N) is 1. The molecule has 0 aliphatic heterocycles. The number of fused-ring (bicyclic) bond motifs is 1. The van der Waals surface area contributed by atoms with Crippen LogP contribution in [-0.2, 0) is 6.42 Å². The first-order chi connectivity index (χ1) is 10.7. The summed E-state index contributed by atoms with van der Waals surface area (Å²) >= 11 is 0. The number of pyridine rings is 1. The van der Waals surface area contributed by atoms with E-state index in [0.29, 0.717) is 23.3 Å². The van der Waals surface area contributed by atoms with Crippen molar-refractivity contribution < 1.29 is 4.74 Å². The zero-order chi connectivity index (χ0) is 15.5. The molecular weight excluding hydrogens is 276 g/mol. The van der Waals surface area contributed by atoms with Crippen LogP contribution >= 0.6 is 0 Å². The van der Waals surface area contributed by atoms with Gasteiger partial charge in [0.2, 0.25) is 0 Å². The van der Waals surface area contributed by atoms with Crippen LogP contribution in [0, 0.1) is 11.3 Å². The summed E-state index contributed by atoms with van der Waals surface area (Å²) in [5.41, 5.74) is 2.76. The second kappa shape index (κ2) is 5.74. The van der Waals surface area contributed by atoms with Gasteiger partial charge in [-0.15, -0.1) is 0 Å². The Morgan fingerprint density at radius 1 is 1.18 bits per heavy atom. The lowest BCUT2D eigenvalue weighted by Gasteiger charge is -2.07. The van der Waals surface area contributed by atoms with Gasteiger partial charge in [-0.25, -0.2) is 0 Å². The van der Waals surface area contributed by atoms with Crippen LogP contribution in [0.5, 0.6) is 5.75 Å². The number of hydrogen-bond acceptors (Lipinski definition) is 3. The van der Waals surface area contributed by atoms with Crippen LogP contribution in [0.1, 0.15) is 16.7 Å². The van der Waals surface area contributed by atoms with E-state index in [1.807, 2.05) is 36.4 Å². The van der Waals surface area contributed by atoms with Gasteiger partial charge >= 0.3 is 0 Å². The van der Waals surface area contributed by atoms with Gasteiger partial charge in [0.05, 0.1) is 18.7 Å². The lowest BCUT2D eigenvalue weighted by atomic mass is 10.0. The van der Waals surface area contributed by atoms with Crippen LogP contribution in [0.3, 0.4) is 0 Å². The Morgan fingerprint density at radius 3 is 2.77 bits per heavy atom. The van der Waals surface area contributed by atoms with Gasteiger partial charge in [-0.3, -0.25) is 4.79 Å². The van der Waals surface area contributed by atoms with Gasteiger partial charge < -0.3 is 9.72 Å². The number of nitrogens with one attached hydrogen (secondary N) is 1. The van der Waals surface area contributed by atoms with Crippen LogP contribution in [-0.4, -0.2) is 12.1 Å². The fourth-order valence-electron chi connectivity index (χ4n) is 2.49. The molecule has 4 nitrogen and oxygen atoms in total. The molecule has 0 unspecified atom stereocenters. The lowest BCUT2D eigenvalue weighted by Crippen LogP contribution is -2.12. The van der Waals surface area contributed by atoms with E-state index in [9.17, 15) is 4.79 Å². The van der Waals surface area contributed by atoms with Crippen LogP contribution in [0.25, 0.3) is 10.9 Å². The summed E-state index contributed by atoms with van der Waals surface area (Å²) in [4.78, 5) is 15.1. The SMILES string of the molecule is COc1cc(C#N)cc(Cc2cc3ccccc3[nH]c2=O)c1. The fourth-order valence-corrected chi connectivity index (χ4v) is 2.49. The standard InChI is InChI=1S/C18H14N2O2/c1-22-16-8-12(6-13(9-16)11-19)7-15-10-14-4-2-3-5-17(14)20-18(15)21/h2-6,8-10H,7H2,1H3,(H,20,21). The van der Waals surface area contributed by atoms with Crippen LogP contribution in [0.4, 0.5) is 0 Å². The highest BCUT2D eigenvalue weighted by Gasteiger charge is 2.07. The quantitative estimate of drug-likeness (QED) is 0.806. The van der Waals surface area contributed by atoms with Crippen molar-refractivity contribution in [3.05, 3.63) is 75.6 Å². The average molecular weight is 290 g/mol. The van der Waals surface area contributed by atoms with Crippen LogP contribution in [0.15, 0.2) is 53.3 Å². The summed E-state index contributed by atoms with van der Waals surface area (Å²) in [5, 5.41) is 10.1. The molecule has 3 rings (SSSR count). The monoisotopic (exact) mass is 290 g/mol. The number of benzene rings is 2. The fraction of sp³-hybridized carbons (Fsp3) is 0.111. The molecule has 3 aromatic rings. The Hall–Kier alpha value is -3.06. The van der Waals surface area contributed by atoms with Crippen molar-refractivity contribution in [3.8, 4) is 11.8 Å². The summed E-state index contributed by atoms with van der Waals surface area (Å²) in [6.07, 6.45) is 0.450. The minimum absolute atomic E-state index is 0.111. The molecule has 1 N–H and O–H groups in total. The highest BCUT2D eigenvalue weighted by molar-refractivity contribution is 5.78. The number of rotatable bonds is 3. The molecule has 0 bridgehead atoms. The predicted molar refractivity (Wildman–Crippen MR) is 85.1 cm³/mol. The molecule has 4 heteroatoms. The van der Waals surface area contributed by atoms with Gasteiger partial charge in [-0.2, -0.15) is 5.26 Å². The van der Waals surface area contributed by atoms with E-state index >= 15 is 0 Å². The Kier molecular flexibility index (Phi) is 3.63. The molecule has 0 amide bonds. The van der Waals surface area contributed by atoms with E-state index < -0.39 is 0 Å². The molecular formula is C18H14N2O2. The molecule has 0 saturated heterocycles. The van der Waals surface area contributed by atoms with Gasteiger partial charge in [0.25, 0.3) is 5.56 Å². The van der Waals surface area contributed by atoms with Gasteiger partial charge in [0, 0.05) is 17.5 Å². The summed E-state index contributed by atoms with van der Waals surface area (Å²) in [7, 11) is 1.56. The van der Waals surface area contributed by atoms with Crippen LogP contribution in [0.2, 0.25) is 0 Å². The third-order valence-electron chi connectivity index (χ3n) is 3.56. The summed E-state index contributed by atoms with van der Waals surface area (Å²) in [6, 6.07) is 16.9. The third-order valence-corrected chi connectivity index (χ3v) is 3.56. The maximum Gasteiger partial charge on any atom is 0.251 e. The van der Waals surface area contributed by atoms with Crippen LogP contribution < -0.4 is 10.3 Å². The molecule has 22 heavy (non-hydrogen) atoms. The number of methoxy groups -OCH3 is 1. The molecule has 0 saturated carbocycles. The highest BCUT2D eigenvalue weighted by Crippen LogP contribution is 2.19. The Labute approximate surface area is 127 Å². The largest absolute Gasteiger partial charge is 0.497 e. The molecule has 0 radical (unpaired) electrons. The summed E-state index contributed by atoms with van der Waals surface area (Å²) in [5.74, 6) is 0.617. The van der Waals surface area contributed by atoms with E-state index in [2.05, 4.69) is 11.1 Å². The van der Waals surface area contributed by atoms with Gasteiger partial charge in [-0.05, 0) is 41.3 Å². The van der Waals surface area contributed by atoms with Gasteiger partial charge in [0.1, 0.15) is 5.75 Å². The molecule has 0 aliphatic rings. The Morgan fingerprint density at radius 2 is 2.00 bits per heavy atom. The van der Waals surface area contributed by atoms with E-state index in [1.54, 1.807) is 19.2 Å². The minimum Gasteiger partial charge on any atom is -0.497 e. The van der Waals surface area contributed by atoms with Gasteiger partial charge in [-0.1, -0.05) is 18.2 Å². The number of H-pyrrole nitrogens is 1. The summed E-state index contributed by atoms with van der Waals surface area (Å²) in [6.45, 7) is 0. The van der Waals surface area contributed by atoms with E-state index in [-0.39, 0.29) is 5.56 Å². The first kappa shape index (κ1) is 13.9. The van der Waals surface area contributed by atoms with Gasteiger partial charge in [0.15, 0.2) is 0 Å². The van der Waals surface area contributed by atoms with Crippen molar-refractivity contribution in [1.29, 1.82) is 5.26 Å². The Bertz CT molecular complexity index is 936.